The molecule has 11 rings (SSSR count). The van der Waals surface area contributed by atoms with Gasteiger partial charge in [0.25, 0.3) is 0 Å². The molecule has 0 N–H and O–H groups in total. The molecule has 11 aromatic rings. The lowest BCUT2D eigenvalue weighted by Gasteiger charge is -2.11. The molecule has 0 atom stereocenters. The first-order chi connectivity index (χ1) is 24.8. The first-order valence-electron chi connectivity index (χ1n) is 16.7. The highest BCUT2D eigenvalue weighted by Crippen LogP contribution is 2.40. The van der Waals surface area contributed by atoms with Crippen molar-refractivity contribution in [2.75, 3.05) is 0 Å². The average Bonchev–Trinajstić information content (AvgIpc) is 3.83. The van der Waals surface area contributed by atoms with E-state index < -0.39 is 0 Å². The van der Waals surface area contributed by atoms with Crippen molar-refractivity contribution >= 4 is 60.0 Å². The minimum Gasteiger partial charge on any atom is -0.293 e. The van der Waals surface area contributed by atoms with Crippen LogP contribution in [0.1, 0.15) is 0 Å². The molecule has 6 aromatic carbocycles. The van der Waals surface area contributed by atoms with E-state index in [9.17, 15) is 0 Å². The minimum atomic E-state index is 0.586. The van der Waals surface area contributed by atoms with Crippen molar-refractivity contribution in [2.24, 2.45) is 0 Å². The van der Waals surface area contributed by atoms with Crippen LogP contribution in [0.4, 0.5) is 0 Å². The highest BCUT2D eigenvalue weighted by atomic mass is 15.2. The Morgan fingerprint density at radius 1 is 0.380 bits per heavy atom. The van der Waals surface area contributed by atoms with Gasteiger partial charge in [0, 0.05) is 49.6 Å². The van der Waals surface area contributed by atoms with Gasteiger partial charge in [0.1, 0.15) is 5.65 Å². The van der Waals surface area contributed by atoms with Crippen molar-refractivity contribution < 1.29 is 0 Å². The van der Waals surface area contributed by atoms with E-state index in [4.69, 9.17) is 19.9 Å². The quantitative estimate of drug-likeness (QED) is 0.192. The Kier molecular flexibility index (Phi) is 5.57. The molecule has 0 unspecified atom stereocenters. The van der Waals surface area contributed by atoms with Crippen LogP contribution in [0, 0.1) is 0 Å². The van der Waals surface area contributed by atoms with E-state index in [0.29, 0.717) is 17.6 Å². The molecule has 0 aliphatic heterocycles. The molecule has 0 saturated heterocycles. The Morgan fingerprint density at radius 2 is 0.960 bits per heavy atom. The molecule has 0 aliphatic carbocycles. The SMILES string of the molecule is c1ccc(-c2nc(-c3cccc(-c4ccc5c6cccc7c8cccnc8n(c5c4)c67)c3)nc(-n3c4ccccc4c4ccccc43)n2)cc1. The summed E-state index contributed by atoms with van der Waals surface area (Å²) < 4.78 is 4.47. The number of rotatable bonds is 4. The lowest BCUT2D eigenvalue weighted by Crippen LogP contribution is -2.06. The zero-order chi connectivity index (χ0) is 32.8. The number of hydrogen-bond donors (Lipinski definition) is 0. The number of hydrogen-bond acceptors (Lipinski definition) is 4. The van der Waals surface area contributed by atoms with Gasteiger partial charge in [-0.05, 0) is 47.5 Å². The van der Waals surface area contributed by atoms with Gasteiger partial charge in [0.05, 0.1) is 22.1 Å². The first-order valence-corrected chi connectivity index (χ1v) is 16.7. The summed E-state index contributed by atoms with van der Waals surface area (Å²) in [7, 11) is 0. The van der Waals surface area contributed by atoms with Gasteiger partial charge in [-0.1, -0.05) is 115 Å². The lowest BCUT2D eigenvalue weighted by atomic mass is 10.0. The zero-order valence-electron chi connectivity index (χ0n) is 26.7. The predicted molar refractivity (Wildman–Crippen MR) is 203 cm³/mol. The second-order valence-corrected chi connectivity index (χ2v) is 12.7. The summed E-state index contributed by atoms with van der Waals surface area (Å²) in [6.07, 6.45) is 1.88. The molecule has 0 bridgehead atoms. The zero-order valence-corrected chi connectivity index (χ0v) is 26.7. The first kappa shape index (κ1) is 27.1. The Hall–Kier alpha value is -6.92. The van der Waals surface area contributed by atoms with Crippen molar-refractivity contribution in [1.82, 2.24) is 28.9 Å². The molecule has 0 amide bonds. The third kappa shape index (κ3) is 3.84. The maximum Gasteiger partial charge on any atom is 0.238 e. The second-order valence-electron chi connectivity index (χ2n) is 12.7. The Bertz CT molecular complexity index is 3050. The van der Waals surface area contributed by atoms with Crippen molar-refractivity contribution in [3.05, 3.63) is 158 Å². The van der Waals surface area contributed by atoms with Crippen LogP contribution in [-0.4, -0.2) is 28.9 Å². The lowest BCUT2D eigenvalue weighted by molar-refractivity contribution is 0.953. The van der Waals surface area contributed by atoms with Gasteiger partial charge in [-0.15, -0.1) is 0 Å². The maximum absolute atomic E-state index is 5.17. The molecule has 6 nitrogen and oxygen atoms in total. The molecule has 0 aliphatic rings. The monoisotopic (exact) mass is 638 g/mol. The molecule has 50 heavy (non-hydrogen) atoms. The van der Waals surface area contributed by atoms with Crippen LogP contribution in [0.5, 0.6) is 0 Å². The molecule has 232 valence electrons. The average molecular weight is 639 g/mol. The van der Waals surface area contributed by atoms with Crippen LogP contribution < -0.4 is 0 Å². The molecular weight excluding hydrogens is 613 g/mol. The summed E-state index contributed by atoms with van der Waals surface area (Å²) in [5.74, 6) is 1.83. The second kappa shape index (κ2) is 10.3. The van der Waals surface area contributed by atoms with E-state index >= 15 is 0 Å². The van der Waals surface area contributed by atoms with Crippen LogP contribution in [0.3, 0.4) is 0 Å². The summed E-state index contributed by atoms with van der Waals surface area (Å²) in [4.78, 5) is 20.1. The fraction of sp³-hybridized carbons (Fsp3) is 0. The van der Waals surface area contributed by atoms with Gasteiger partial charge in [0.2, 0.25) is 5.95 Å². The van der Waals surface area contributed by atoms with Crippen molar-refractivity contribution in [3.63, 3.8) is 0 Å². The van der Waals surface area contributed by atoms with Crippen molar-refractivity contribution in [2.45, 2.75) is 0 Å². The standard InChI is InChI=1S/C44H26N6/c1-2-11-27(12-3-1)41-46-42(48-44(47-41)49-37-20-6-4-15-31(37)32-16-5-7-21-38(32)49)30-14-8-13-28(25-30)29-22-23-33-34-17-9-18-35-36-19-10-24-45-43(36)50(40(34)35)39(33)26-29/h1-26H. The van der Waals surface area contributed by atoms with Crippen LogP contribution in [0.15, 0.2) is 158 Å². The number of para-hydroxylation sites is 3. The molecule has 0 saturated carbocycles. The highest BCUT2D eigenvalue weighted by Gasteiger charge is 2.20. The Labute approximate surface area is 285 Å². The van der Waals surface area contributed by atoms with Gasteiger partial charge >= 0.3 is 0 Å². The van der Waals surface area contributed by atoms with Crippen molar-refractivity contribution in [3.8, 4) is 39.9 Å². The third-order valence-electron chi connectivity index (χ3n) is 9.97. The van der Waals surface area contributed by atoms with Gasteiger partial charge in [-0.2, -0.15) is 9.97 Å². The topological polar surface area (TPSA) is 60.9 Å². The van der Waals surface area contributed by atoms with E-state index in [-0.39, 0.29) is 0 Å². The maximum atomic E-state index is 5.17. The molecule has 6 heteroatoms. The Balaban J connectivity index is 1.12. The highest BCUT2D eigenvalue weighted by molar-refractivity contribution is 6.23. The third-order valence-corrected chi connectivity index (χ3v) is 9.97. The number of fused-ring (bicyclic) bond motifs is 9. The molecule has 0 spiro atoms. The summed E-state index contributed by atoms with van der Waals surface area (Å²) in [6, 6.07) is 53.0. The fourth-order valence-corrected chi connectivity index (χ4v) is 7.75. The molecule has 5 aromatic heterocycles. The predicted octanol–water partition coefficient (Wildman–Crippen LogP) is 10.5. The number of benzene rings is 6. The van der Waals surface area contributed by atoms with Crippen LogP contribution >= 0.6 is 0 Å². The van der Waals surface area contributed by atoms with Gasteiger partial charge in [-0.3, -0.25) is 8.97 Å². The van der Waals surface area contributed by atoms with E-state index in [1.54, 1.807) is 0 Å². The summed E-state index contributed by atoms with van der Waals surface area (Å²) in [5.41, 5.74) is 9.51. The molecular formula is C44H26N6. The normalized spacial score (nSPS) is 12.0. The Morgan fingerprint density at radius 3 is 1.76 bits per heavy atom. The number of aromatic nitrogens is 6. The van der Waals surface area contributed by atoms with E-state index in [1.807, 2.05) is 42.6 Å². The van der Waals surface area contributed by atoms with E-state index in [1.165, 1.54) is 27.1 Å². The van der Waals surface area contributed by atoms with Gasteiger partial charge in [0.15, 0.2) is 11.6 Å². The summed E-state index contributed by atoms with van der Waals surface area (Å²) in [6.45, 7) is 0. The summed E-state index contributed by atoms with van der Waals surface area (Å²) in [5, 5.41) is 7.19. The van der Waals surface area contributed by atoms with E-state index in [0.717, 1.165) is 55.2 Å². The molecule has 0 fully saturated rings. The molecule has 0 radical (unpaired) electrons. The van der Waals surface area contributed by atoms with Crippen LogP contribution in [-0.2, 0) is 0 Å². The van der Waals surface area contributed by atoms with Crippen molar-refractivity contribution in [1.29, 1.82) is 0 Å². The van der Waals surface area contributed by atoms with Crippen LogP contribution in [0.2, 0.25) is 0 Å². The largest absolute Gasteiger partial charge is 0.293 e. The van der Waals surface area contributed by atoms with Crippen LogP contribution in [0.25, 0.3) is 99.9 Å². The fourth-order valence-electron chi connectivity index (χ4n) is 7.75. The molecule has 5 heterocycles. The number of pyridine rings is 1. The summed E-state index contributed by atoms with van der Waals surface area (Å²) >= 11 is 0. The minimum absolute atomic E-state index is 0.586. The van der Waals surface area contributed by atoms with Gasteiger partial charge < -0.3 is 0 Å². The van der Waals surface area contributed by atoms with E-state index in [2.05, 4.69) is 124 Å². The smallest absolute Gasteiger partial charge is 0.238 e. The van der Waals surface area contributed by atoms with Gasteiger partial charge in [-0.25, -0.2) is 9.97 Å². The number of nitrogens with zero attached hydrogens (tertiary/aromatic N) is 6.